The number of ether oxygens (including phenoxy) is 2. The summed E-state index contributed by atoms with van der Waals surface area (Å²) < 4.78 is 11.4. The van der Waals surface area contributed by atoms with E-state index in [0.717, 1.165) is 24.0 Å². The Morgan fingerprint density at radius 1 is 1.02 bits per heavy atom. The lowest BCUT2D eigenvalue weighted by molar-refractivity contribution is -0.280. The monoisotopic (exact) mass is 610 g/mol. The zero-order valence-electron chi connectivity index (χ0n) is 26.0. The van der Waals surface area contributed by atoms with E-state index in [2.05, 4.69) is 27.4 Å². The van der Waals surface area contributed by atoms with Crippen LogP contribution >= 0.6 is 0 Å². The van der Waals surface area contributed by atoms with Gasteiger partial charge in [-0.25, -0.2) is 0 Å². The molecule has 246 valence electrons. The van der Waals surface area contributed by atoms with Crippen LogP contribution in [0.15, 0.2) is 23.8 Å². The van der Waals surface area contributed by atoms with Crippen LogP contribution in [0.25, 0.3) is 0 Å². The maximum absolute atomic E-state index is 12.6. The minimum atomic E-state index is -1.41. The van der Waals surface area contributed by atoms with E-state index in [9.17, 15) is 40.9 Å². The van der Waals surface area contributed by atoms with Gasteiger partial charge in [0.1, 0.15) is 18.3 Å². The predicted molar refractivity (Wildman–Crippen MR) is 157 cm³/mol. The first kappa shape index (κ1) is 33.4. The average Bonchev–Trinajstić information content (AvgIpc) is 3.16. The van der Waals surface area contributed by atoms with Crippen LogP contribution in [0, 0.1) is 40.4 Å². The minimum Gasteiger partial charge on any atom is -0.396 e. The SMILES string of the molecule is C=C(CC[C@@H](C)[C@H]1[C@@H](O)[C@H](O)[C@@H]2[C@]1(C)CC[C@H]1[C@@]2(O)C[C@@H](O)C2=C[C@@H](O[C@@H]3OC[C@@H](O)[C@H](O)[C@H]3O)CC[C@@]21C)[C@H](C)CO. The number of hydrogen-bond donors (Lipinski definition) is 8. The summed E-state index contributed by atoms with van der Waals surface area (Å²) in [6.45, 7) is 12.2. The molecule has 0 aromatic rings. The molecule has 8 N–H and O–H groups in total. The van der Waals surface area contributed by atoms with Crippen molar-refractivity contribution in [3.63, 3.8) is 0 Å². The van der Waals surface area contributed by atoms with Crippen molar-refractivity contribution >= 4 is 0 Å². The van der Waals surface area contributed by atoms with E-state index in [1.54, 1.807) is 0 Å². The lowest BCUT2D eigenvalue weighted by Crippen LogP contribution is -2.66. The zero-order valence-corrected chi connectivity index (χ0v) is 26.0. The second-order valence-corrected chi connectivity index (χ2v) is 15.1. The normalized spacial score (nSPS) is 51.1. The van der Waals surface area contributed by atoms with Crippen LogP contribution in [-0.4, -0.2) is 109 Å². The Morgan fingerprint density at radius 2 is 1.72 bits per heavy atom. The Hall–Kier alpha value is -0.920. The van der Waals surface area contributed by atoms with Crippen LogP contribution in [-0.2, 0) is 9.47 Å². The highest BCUT2D eigenvalue weighted by Gasteiger charge is 2.72. The maximum atomic E-state index is 12.6. The first-order chi connectivity index (χ1) is 20.1. The van der Waals surface area contributed by atoms with Gasteiger partial charge in [-0.05, 0) is 78.6 Å². The summed E-state index contributed by atoms with van der Waals surface area (Å²) in [6, 6.07) is 0. The highest BCUT2D eigenvalue weighted by molar-refractivity contribution is 5.33. The van der Waals surface area contributed by atoms with Gasteiger partial charge in [0.25, 0.3) is 0 Å². The summed E-state index contributed by atoms with van der Waals surface area (Å²) in [4.78, 5) is 0. The van der Waals surface area contributed by atoms with Gasteiger partial charge in [0.05, 0.1) is 36.6 Å². The fourth-order valence-electron chi connectivity index (χ4n) is 10.1. The third kappa shape index (κ3) is 5.37. The molecule has 4 aliphatic carbocycles. The van der Waals surface area contributed by atoms with Crippen molar-refractivity contribution in [3.8, 4) is 0 Å². The van der Waals surface area contributed by atoms with Gasteiger partial charge in [-0.1, -0.05) is 45.9 Å². The molecule has 0 bridgehead atoms. The van der Waals surface area contributed by atoms with Crippen molar-refractivity contribution in [1.82, 2.24) is 0 Å². The molecule has 0 unspecified atom stereocenters. The minimum absolute atomic E-state index is 0.00209. The lowest BCUT2D eigenvalue weighted by atomic mass is 9.43. The Morgan fingerprint density at radius 3 is 2.40 bits per heavy atom. The molecule has 0 aromatic heterocycles. The van der Waals surface area contributed by atoms with Crippen LogP contribution in [0.2, 0.25) is 0 Å². The van der Waals surface area contributed by atoms with E-state index in [4.69, 9.17) is 9.47 Å². The second kappa shape index (κ2) is 12.0. The molecule has 3 saturated carbocycles. The number of rotatable bonds is 8. The van der Waals surface area contributed by atoms with Crippen molar-refractivity contribution in [1.29, 1.82) is 0 Å². The Balaban J connectivity index is 1.37. The summed E-state index contributed by atoms with van der Waals surface area (Å²) in [5.41, 5.74) is -0.763. The molecule has 0 aromatic carbocycles. The second-order valence-electron chi connectivity index (χ2n) is 15.1. The molecule has 5 rings (SSSR count). The van der Waals surface area contributed by atoms with Gasteiger partial charge in [-0.15, -0.1) is 0 Å². The fraction of sp³-hybridized carbons (Fsp3) is 0.879. The number of aliphatic hydroxyl groups is 8. The van der Waals surface area contributed by atoms with Crippen LogP contribution in [0.1, 0.15) is 72.6 Å². The predicted octanol–water partition coefficient (Wildman–Crippen LogP) is 1.02. The molecule has 4 fully saturated rings. The third-order valence-corrected chi connectivity index (χ3v) is 12.5. The summed E-state index contributed by atoms with van der Waals surface area (Å²) in [6.07, 6.45) is -2.81. The van der Waals surface area contributed by atoms with Crippen LogP contribution in [0.4, 0.5) is 0 Å². The highest BCUT2D eigenvalue weighted by atomic mass is 16.7. The number of fused-ring (bicyclic) bond motifs is 5. The molecular weight excluding hydrogens is 556 g/mol. The van der Waals surface area contributed by atoms with Crippen LogP contribution in [0.5, 0.6) is 0 Å². The largest absolute Gasteiger partial charge is 0.396 e. The fourth-order valence-corrected chi connectivity index (χ4v) is 10.1. The zero-order chi connectivity index (χ0) is 31.6. The van der Waals surface area contributed by atoms with E-state index in [0.29, 0.717) is 25.7 Å². The first-order valence-corrected chi connectivity index (χ1v) is 16.2. The maximum Gasteiger partial charge on any atom is 0.186 e. The Labute approximate surface area is 255 Å². The van der Waals surface area contributed by atoms with Gasteiger partial charge in [-0.3, -0.25) is 0 Å². The van der Waals surface area contributed by atoms with Crippen molar-refractivity contribution in [2.75, 3.05) is 13.2 Å². The highest BCUT2D eigenvalue weighted by Crippen LogP contribution is 2.69. The quantitative estimate of drug-likeness (QED) is 0.185. The van der Waals surface area contributed by atoms with E-state index in [-0.39, 0.29) is 43.3 Å². The van der Waals surface area contributed by atoms with Crippen molar-refractivity contribution in [3.05, 3.63) is 23.8 Å². The first-order valence-electron chi connectivity index (χ1n) is 16.2. The summed E-state index contributed by atoms with van der Waals surface area (Å²) >= 11 is 0. The lowest BCUT2D eigenvalue weighted by Gasteiger charge is -2.64. The Kier molecular flexibility index (Phi) is 9.35. The van der Waals surface area contributed by atoms with Crippen LogP contribution in [0.3, 0.4) is 0 Å². The smallest absolute Gasteiger partial charge is 0.186 e. The molecule has 10 heteroatoms. The van der Waals surface area contributed by atoms with Gasteiger partial charge >= 0.3 is 0 Å². The Bertz CT molecular complexity index is 1070. The van der Waals surface area contributed by atoms with Gasteiger partial charge < -0.3 is 50.3 Å². The molecule has 1 heterocycles. The molecule has 0 radical (unpaired) electrons. The van der Waals surface area contributed by atoms with Gasteiger partial charge in [-0.2, -0.15) is 0 Å². The number of aliphatic hydroxyl groups excluding tert-OH is 7. The molecular formula is C33H54O10. The van der Waals surface area contributed by atoms with Gasteiger partial charge in [0.15, 0.2) is 6.29 Å². The van der Waals surface area contributed by atoms with Crippen molar-refractivity contribution in [2.24, 2.45) is 40.4 Å². The van der Waals surface area contributed by atoms with Crippen molar-refractivity contribution < 1.29 is 50.3 Å². The third-order valence-electron chi connectivity index (χ3n) is 12.5. The van der Waals surface area contributed by atoms with Crippen molar-refractivity contribution in [2.45, 2.75) is 127 Å². The summed E-state index contributed by atoms with van der Waals surface area (Å²) in [5.74, 6) is -1.05. The van der Waals surface area contributed by atoms with Crippen LogP contribution < -0.4 is 0 Å². The van der Waals surface area contributed by atoms with Gasteiger partial charge in [0, 0.05) is 18.9 Å². The molecule has 16 atom stereocenters. The summed E-state index contributed by atoms with van der Waals surface area (Å²) in [5, 5.41) is 86.9. The van der Waals surface area contributed by atoms with E-state index < -0.39 is 71.4 Å². The summed E-state index contributed by atoms with van der Waals surface area (Å²) in [7, 11) is 0. The molecule has 10 nitrogen and oxygen atoms in total. The molecule has 0 amide bonds. The molecule has 0 spiro atoms. The molecule has 5 aliphatic rings. The van der Waals surface area contributed by atoms with E-state index >= 15 is 0 Å². The standard InChI is InChI=1S/C33H54O10/c1-16(18(3)14-34)6-7-17(2)24-26(38)27(39)29-32(24,5)11-9-23-31(4)10-8-19(12-20(31)21(35)13-33(23,29)41)43-30-28(40)25(37)22(36)15-42-30/h12,17-19,21-30,34-41H,1,6-11,13-15H2,2-5H3/t17-,18-,19+,21-,22-,23-,24+,25+,26-,27+,28-,29-,30+,31+,32-,33+/m1/s1. The van der Waals surface area contributed by atoms with E-state index in [1.807, 2.05) is 13.0 Å². The van der Waals surface area contributed by atoms with E-state index in [1.165, 1.54) is 0 Å². The molecule has 1 aliphatic heterocycles. The number of hydrogen-bond acceptors (Lipinski definition) is 10. The topological polar surface area (TPSA) is 180 Å². The molecule has 1 saturated heterocycles. The average molecular weight is 611 g/mol. The van der Waals surface area contributed by atoms with Gasteiger partial charge in [0.2, 0.25) is 0 Å². The molecule has 43 heavy (non-hydrogen) atoms.